The lowest BCUT2D eigenvalue weighted by atomic mass is 10.2. The number of hydrogen-bond acceptors (Lipinski definition) is 5. The molecule has 2 heterocycles. The zero-order valence-corrected chi connectivity index (χ0v) is 17.4. The lowest BCUT2D eigenvalue weighted by Gasteiger charge is -2.11. The molecular weight excluding hydrogens is 370 g/mol. The highest BCUT2D eigenvalue weighted by atomic mass is 27.3. The number of para-hydroxylation sites is 2. The summed E-state index contributed by atoms with van der Waals surface area (Å²) < 4.78 is 17.4. The van der Waals surface area contributed by atoms with Crippen LogP contribution in [-0.2, 0) is 2.84 Å². The summed E-state index contributed by atoms with van der Waals surface area (Å²) in [5.41, 5.74) is 3.64. The molecular formula is C20H16Al2N2O3. The third kappa shape index (κ3) is 4.25. The summed E-state index contributed by atoms with van der Waals surface area (Å²) in [6, 6.07) is 19.9. The van der Waals surface area contributed by atoms with Crippen molar-refractivity contribution in [2.24, 2.45) is 0 Å². The van der Waals surface area contributed by atoms with Crippen LogP contribution in [0.5, 0.6) is 11.5 Å². The summed E-state index contributed by atoms with van der Waals surface area (Å²) in [7, 11) is 0. The average Bonchev–Trinajstić information content (AvgIpc) is 2.68. The van der Waals surface area contributed by atoms with Crippen LogP contribution in [0.15, 0.2) is 60.7 Å². The van der Waals surface area contributed by atoms with Crippen LogP contribution < -0.4 is 7.58 Å². The first kappa shape index (κ1) is 18.3. The maximum atomic E-state index is 5.84. The Morgan fingerprint density at radius 1 is 0.630 bits per heavy atom. The van der Waals surface area contributed by atoms with E-state index in [4.69, 9.17) is 10.4 Å². The second-order valence-electron chi connectivity index (χ2n) is 6.13. The summed E-state index contributed by atoms with van der Waals surface area (Å²) in [5, 5.41) is 2.11. The molecule has 0 aliphatic heterocycles. The van der Waals surface area contributed by atoms with Gasteiger partial charge in [-0.25, -0.2) is 9.97 Å². The van der Waals surface area contributed by atoms with Crippen molar-refractivity contribution in [1.82, 2.24) is 9.97 Å². The minimum absolute atomic E-state index is 0.682. The molecule has 5 nitrogen and oxygen atoms in total. The Kier molecular flexibility index (Phi) is 5.59. The monoisotopic (exact) mass is 386 g/mol. The van der Waals surface area contributed by atoms with E-state index in [1.54, 1.807) is 0 Å². The van der Waals surface area contributed by atoms with Gasteiger partial charge in [-0.15, -0.1) is 0 Å². The van der Waals surface area contributed by atoms with E-state index in [2.05, 4.69) is 9.97 Å². The molecule has 0 bridgehead atoms. The van der Waals surface area contributed by atoms with E-state index in [0.717, 1.165) is 44.7 Å². The van der Waals surface area contributed by atoms with Crippen LogP contribution in [0.4, 0.5) is 0 Å². The third-order valence-electron chi connectivity index (χ3n) is 4.11. The summed E-state index contributed by atoms with van der Waals surface area (Å²) in [6.07, 6.45) is 0. The molecule has 0 unspecified atom stereocenters. The van der Waals surface area contributed by atoms with Crippen molar-refractivity contribution in [1.29, 1.82) is 0 Å². The predicted molar refractivity (Wildman–Crippen MR) is 107 cm³/mol. The molecule has 2 radical (unpaired) electrons. The highest BCUT2D eigenvalue weighted by Gasteiger charge is 2.12. The van der Waals surface area contributed by atoms with E-state index in [-0.39, 0.29) is 0 Å². The van der Waals surface area contributed by atoms with Crippen LogP contribution in [0.1, 0.15) is 11.4 Å². The van der Waals surface area contributed by atoms with Crippen molar-refractivity contribution in [3.63, 3.8) is 0 Å². The summed E-state index contributed by atoms with van der Waals surface area (Å²) >= 11 is -1.36. The zero-order chi connectivity index (χ0) is 18.6. The van der Waals surface area contributed by atoms with Gasteiger partial charge in [0.05, 0.1) is 0 Å². The van der Waals surface area contributed by atoms with E-state index in [0.29, 0.717) is 0 Å². The zero-order valence-electron chi connectivity index (χ0n) is 15.0. The number of benzene rings is 2. The fourth-order valence-corrected chi connectivity index (χ4v) is 4.02. The first-order valence-electron chi connectivity index (χ1n) is 8.55. The summed E-state index contributed by atoms with van der Waals surface area (Å²) in [6.45, 7) is 3.94. The molecule has 0 spiro atoms. The molecule has 0 aliphatic carbocycles. The standard InChI is InChI=1S/2C10H9NO.2Al.O/c2*1-7-5-6-8-3-2-4-9(12)10(8)11-7;;;/h2*2-6,12H,1H3;;;/q;;2*+1;/p-2. The fraction of sp³-hybridized carbons (Fsp3) is 0.100. The SMILES string of the molecule is Cc1ccc2cccc([O][Al][O][Al][O]c3cccc4ccc(C)nc34)c2n1. The Morgan fingerprint density at radius 2 is 1.11 bits per heavy atom. The smallest absolute Gasteiger partial charge is 0.626 e. The highest BCUT2D eigenvalue weighted by Crippen LogP contribution is 2.25. The molecule has 2 aromatic heterocycles. The van der Waals surface area contributed by atoms with Gasteiger partial charge >= 0.3 is 31.8 Å². The van der Waals surface area contributed by atoms with Crippen molar-refractivity contribution < 1.29 is 10.4 Å². The van der Waals surface area contributed by atoms with Gasteiger partial charge in [0.2, 0.25) is 0 Å². The molecule has 7 heteroatoms. The Morgan fingerprint density at radius 3 is 1.59 bits per heavy atom. The first-order valence-corrected chi connectivity index (χ1v) is 10.4. The number of rotatable bonds is 6. The van der Waals surface area contributed by atoms with Gasteiger partial charge in [0.1, 0.15) is 22.5 Å². The largest absolute Gasteiger partial charge is 0.743 e. The topological polar surface area (TPSA) is 53.5 Å². The Hall–Kier alpha value is -2.12. The van der Waals surface area contributed by atoms with E-state index < -0.39 is 31.8 Å². The second kappa shape index (κ2) is 8.27. The lowest BCUT2D eigenvalue weighted by molar-refractivity contribution is 0.420. The number of nitrogens with zero attached hydrogens (tertiary/aromatic N) is 2. The Balaban J connectivity index is 1.38. The summed E-state index contributed by atoms with van der Waals surface area (Å²) in [5.74, 6) is 1.49. The predicted octanol–water partition coefficient (Wildman–Crippen LogP) is 3.94. The van der Waals surface area contributed by atoms with Gasteiger partial charge in [-0.1, -0.05) is 36.4 Å². The number of aromatic nitrogens is 2. The van der Waals surface area contributed by atoms with Crippen LogP contribution in [0.2, 0.25) is 0 Å². The van der Waals surface area contributed by atoms with Crippen molar-refractivity contribution in [3.8, 4) is 11.5 Å². The summed E-state index contributed by atoms with van der Waals surface area (Å²) in [4.78, 5) is 9.13. The molecule has 0 saturated heterocycles. The number of hydrogen-bond donors (Lipinski definition) is 0. The van der Waals surface area contributed by atoms with Crippen LogP contribution in [0.3, 0.4) is 0 Å². The van der Waals surface area contributed by atoms with Gasteiger partial charge in [0, 0.05) is 22.2 Å². The number of fused-ring (bicyclic) bond motifs is 2. The van der Waals surface area contributed by atoms with E-state index >= 15 is 0 Å². The van der Waals surface area contributed by atoms with Crippen molar-refractivity contribution >= 4 is 53.6 Å². The quantitative estimate of drug-likeness (QED) is 0.371. The van der Waals surface area contributed by atoms with E-state index in [1.807, 2.05) is 74.5 Å². The van der Waals surface area contributed by atoms with Gasteiger partial charge in [-0.05, 0) is 38.1 Å². The normalized spacial score (nSPS) is 10.7. The van der Waals surface area contributed by atoms with Gasteiger partial charge in [0.25, 0.3) is 0 Å². The molecule has 0 aliphatic rings. The third-order valence-corrected chi connectivity index (χ3v) is 5.70. The molecule has 0 fully saturated rings. The number of aryl methyl sites for hydroxylation is 2. The lowest BCUT2D eigenvalue weighted by Crippen LogP contribution is -2.16. The molecule has 27 heavy (non-hydrogen) atoms. The van der Waals surface area contributed by atoms with E-state index in [1.165, 1.54) is 0 Å². The van der Waals surface area contributed by atoms with Crippen LogP contribution in [0.25, 0.3) is 21.8 Å². The molecule has 0 N–H and O–H groups in total. The molecule has 0 atom stereocenters. The Bertz CT molecular complexity index is 1020. The maximum Gasteiger partial charge on any atom is 0.743 e. The van der Waals surface area contributed by atoms with Crippen molar-refractivity contribution in [2.75, 3.05) is 0 Å². The van der Waals surface area contributed by atoms with Crippen LogP contribution in [0, 0.1) is 13.8 Å². The van der Waals surface area contributed by atoms with Gasteiger partial charge in [0.15, 0.2) is 0 Å². The van der Waals surface area contributed by atoms with Crippen LogP contribution >= 0.6 is 0 Å². The molecule has 4 rings (SSSR count). The van der Waals surface area contributed by atoms with Gasteiger partial charge < -0.3 is 10.4 Å². The van der Waals surface area contributed by atoms with Crippen LogP contribution in [-0.4, -0.2) is 41.7 Å². The minimum Gasteiger partial charge on any atom is -0.626 e. The molecule has 0 amide bonds. The van der Waals surface area contributed by atoms with E-state index in [9.17, 15) is 0 Å². The Labute approximate surface area is 171 Å². The average molecular weight is 386 g/mol. The second-order valence-corrected chi connectivity index (χ2v) is 8.07. The number of pyridine rings is 2. The van der Waals surface area contributed by atoms with Crippen molar-refractivity contribution in [3.05, 3.63) is 72.1 Å². The van der Waals surface area contributed by atoms with Crippen molar-refractivity contribution in [2.45, 2.75) is 13.8 Å². The van der Waals surface area contributed by atoms with Gasteiger partial charge in [-0.3, -0.25) is 0 Å². The molecule has 0 saturated carbocycles. The first-order chi connectivity index (χ1) is 13.2. The molecule has 4 aromatic rings. The molecule has 2 aromatic carbocycles. The maximum absolute atomic E-state index is 5.84. The fourth-order valence-electron chi connectivity index (χ4n) is 2.81. The van der Waals surface area contributed by atoms with Gasteiger partial charge in [-0.2, -0.15) is 0 Å². The molecule has 130 valence electrons. The highest BCUT2D eigenvalue weighted by molar-refractivity contribution is 6.35. The minimum atomic E-state index is -0.682.